The van der Waals surface area contributed by atoms with Crippen LogP contribution >= 0.6 is 0 Å². The zero-order valence-corrected chi connectivity index (χ0v) is 11.0. The molecule has 1 heterocycles. The molecule has 0 bridgehead atoms. The molecule has 1 unspecified atom stereocenters. The highest BCUT2D eigenvalue weighted by atomic mass is 16.5. The maximum absolute atomic E-state index is 10.9. The molecule has 1 aliphatic carbocycles. The fraction of sp³-hybridized carbons (Fsp3) is 0.923. The van der Waals surface area contributed by atoms with Crippen LogP contribution in [0.5, 0.6) is 0 Å². The van der Waals surface area contributed by atoms with E-state index in [1.165, 1.54) is 0 Å². The van der Waals surface area contributed by atoms with Gasteiger partial charge in [-0.1, -0.05) is 0 Å². The lowest BCUT2D eigenvalue weighted by atomic mass is 9.78. The standard InChI is InChI=1S/C13H23NO4/c1-14(11-4-7-18-8-11)9-13(17)5-2-10(3-6-13)12(15)16/h10-11,17H,2-9H2,1H3,(H,15,16). The van der Waals surface area contributed by atoms with E-state index < -0.39 is 11.6 Å². The van der Waals surface area contributed by atoms with Gasteiger partial charge < -0.3 is 14.9 Å². The summed E-state index contributed by atoms with van der Waals surface area (Å²) in [6, 6.07) is 0.395. The average molecular weight is 257 g/mol. The van der Waals surface area contributed by atoms with Crippen LogP contribution in [0, 0.1) is 5.92 Å². The van der Waals surface area contributed by atoms with Crippen LogP contribution in [0.4, 0.5) is 0 Å². The Morgan fingerprint density at radius 1 is 1.39 bits per heavy atom. The van der Waals surface area contributed by atoms with E-state index in [1.807, 2.05) is 7.05 Å². The predicted octanol–water partition coefficient (Wildman–Crippen LogP) is 0.713. The lowest BCUT2D eigenvalue weighted by Gasteiger charge is -2.39. The largest absolute Gasteiger partial charge is 0.481 e. The average Bonchev–Trinajstić information content (AvgIpc) is 2.82. The topological polar surface area (TPSA) is 70.0 Å². The minimum atomic E-state index is -0.727. The van der Waals surface area contributed by atoms with E-state index in [0.717, 1.165) is 19.6 Å². The van der Waals surface area contributed by atoms with Crippen molar-refractivity contribution in [3.05, 3.63) is 0 Å². The van der Waals surface area contributed by atoms with E-state index in [9.17, 15) is 9.90 Å². The molecule has 0 spiro atoms. The van der Waals surface area contributed by atoms with Crippen LogP contribution < -0.4 is 0 Å². The number of rotatable bonds is 4. The van der Waals surface area contributed by atoms with E-state index in [0.29, 0.717) is 38.3 Å². The van der Waals surface area contributed by atoms with Crippen LogP contribution in [0.1, 0.15) is 32.1 Å². The molecule has 1 saturated heterocycles. The number of aliphatic carboxylic acids is 1. The number of likely N-dealkylation sites (N-methyl/N-ethyl adjacent to an activating group) is 1. The summed E-state index contributed by atoms with van der Waals surface area (Å²) < 4.78 is 5.35. The zero-order chi connectivity index (χ0) is 13.2. The molecule has 2 N–H and O–H groups in total. The van der Waals surface area contributed by atoms with E-state index in [1.54, 1.807) is 0 Å². The van der Waals surface area contributed by atoms with Crippen molar-refractivity contribution in [2.24, 2.45) is 5.92 Å². The Bertz CT molecular complexity index is 293. The first-order valence-electron chi connectivity index (χ1n) is 6.73. The molecular formula is C13H23NO4. The SMILES string of the molecule is CN(CC1(O)CCC(C(=O)O)CC1)C1CCOC1. The molecule has 1 saturated carbocycles. The van der Waals surface area contributed by atoms with E-state index in [-0.39, 0.29) is 5.92 Å². The van der Waals surface area contributed by atoms with Gasteiger partial charge in [0.15, 0.2) is 0 Å². The Hall–Kier alpha value is -0.650. The molecule has 0 aromatic rings. The summed E-state index contributed by atoms with van der Waals surface area (Å²) in [7, 11) is 2.01. The third-order valence-electron chi connectivity index (χ3n) is 4.34. The van der Waals surface area contributed by atoms with Crippen LogP contribution in [0.2, 0.25) is 0 Å². The molecule has 0 amide bonds. The van der Waals surface area contributed by atoms with Gasteiger partial charge in [-0.25, -0.2) is 0 Å². The van der Waals surface area contributed by atoms with Crippen LogP contribution in [0.3, 0.4) is 0 Å². The fourth-order valence-corrected chi connectivity index (χ4v) is 3.02. The normalized spacial score (nSPS) is 37.1. The summed E-state index contributed by atoms with van der Waals surface area (Å²) in [6.45, 7) is 2.16. The number of aliphatic hydroxyl groups is 1. The molecule has 18 heavy (non-hydrogen) atoms. The summed E-state index contributed by atoms with van der Waals surface area (Å²) in [5.41, 5.74) is -0.719. The third-order valence-corrected chi connectivity index (χ3v) is 4.34. The minimum absolute atomic E-state index is 0.273. The van der Waals surface area contributed by atoms with E-state index in [4.69, 9.17) is 9.84 Å². The third kappa shape index (κ3) is 3.22. The molecule has 5 heteroatoms. The Kier molecular flexibility index (Phi) is 4.25. The molecular weight excluding hydrogens is 234 g/mol. The molecule has 0 aromatic heterocycles. The molecule has 5 nitrogen and oxygen atoms in total. The number of nitrogens with zero attached hydrogens (tertiary/aromatic N) is 1. The predicted molar refractivity (Wildman–Crippen MR) is 66.4 cm³/mol. The fourth-order valence-electron chi connectivity index (χ4n) is 3.02. The highest BCUT2D eigenvalue weighted by Gasteiger charge is 2.37. The first kappa shape index (κ1) is 13.8. The summed E-state index contributed by atoms with van der Waals surface area (Å²) in [6.07, 6.45) is 3.36. The monoisotopic (exact) mass is 257 g/mol. The summed E-state index contributed by atoms with van der Waals surface area (Å²) in [4.78, 5) is 13.0. The van der Waals surface area contributed by atoms with Gasteiger partial charge in [-0.05, 0) is 39.2 Å². The maximum atomic E-state index is 10.9. The van der Waals surface area contributed by atoms with Gasteiger partial charge in [0.1, 0.15) is 0 Å². The minimum Gasteiger partial charge on any atom is -0.481 e. The van der Waals surface area contributed by atoms with Crippen LogP contribution in [0.25, 0.3) is 0 Å². The van der Waals surface area contributed by atoms with E-state index >= 15 is 0 Å². The maximum Gasteiger partial charge on any atom is 0.306 e. The number of carbonyl (C=O) groups is 1. The van der Waals surface area contributed by atoms with Crippen molar-refractivity contribution < 1.29 is 19.7 Å². The van der Waals surface area contributed by atoms with Gasteiger partial charge in [-0.2, -0.15) is 0 Å². The van der Waals surface area contributed by atoms with Crippen LogP contribution in [-0.4, -0.2) is 59.5 Å². The van der Waals surface area contributed by atoms with Gasteiger partial charge >= 0.3 is 5.97 Å². The first-order valence-corrected chi connectivity index (χ1v) is 6.73. The Morgan fingerprint density at radius 2 is 2.06 bits per heavy atom. The second-order valence-electron chi connectivity index (χ2n) is 5.77. The number of hydrogen-bond donors (Lipinski definition) is 2. The number of carboxylic acids is 1. The second kappa shape index (κ2) is 5.55. The smallest absolute Gasteiger partial charge is 0.306 e. The van der Waals surface area contributed by atoms with Gasteiger partial charge in [0.2, 0.25) is 0 Å². The number of ether oxygens (including phenoxy) is 1. The molecule has 1 aliphatic heterocycles. The van der Waals surface area contributed by atoms with Gasteiger partial charge in [-0.3, -0.25) is 9.69 Å². The Labute approximate surface area is 108 Å². The first-order chi connectivity index (χ1) is 8.50. The van der Waals surface area contributed by atoms with Crippen LogP contribution in [-0.2, 0) is 9.53 Å². The van der Waals surface area contributed by atoms with Crippen LogP contribution in [0.15, 0.2) is 0 Å². The summed E-state index contributed by atoms with van der Waals surface area (Å²) in [5.74, 6) is -1.00. The molecule has 2 rings (SSSR count). The molecule has 104 valence electrons. The van der Waals surface area contributed by atoms with Crippen molar-refractivity contribution in [3.8, 4) is 0 Å². The van der Waals surface area contributed by atoms with Crippen molar-refractivity contribution in [3.63, 3.8) is 0 Å². The Balaban J connectivity index is 1.83. The molecule has 1 atom stereocenters. The van der Waals surface area contributed by atoms with Crippen molar-refractivity contribution in [1.82, 2.24) is 4.90 Å². The van der Waals surface area contributed by atoms with Gasteiger partial charge in [-0.15, -0.1) is 0 Å². The summed E-state index contributed by atoms with van der Waals surface area (Å²) in [5, 5.41) is 19.5. The highest BCUT2D eigenvalue weighted by Crippen LogP contribution is 2.33. The van der Waals surface area contributed by atoms with Crippen molar-refractivity contribution in [2.45, 2.75) is 43.7 Å². The number of hydrogen-bond acceptors (Lipinski definition) is 4. The Morgan fingerprint density at radius 3 is 2.56 bits per heavy atom. The highest BCUT2D eigenvalue weighted by molar-refractivity contribution is 5.70. The zero-order valence-electron chi connectivity index (χ0n) is 11.0. The second-order valence-corrected chi connectivity index (χ2v) is 5.77. The molecule has 2 fully saturated rings. The molecule has 0 aromatic carbocycles. The van der Waals surface area contributed by atoms with E-state index in [2.05, 4.69) is 4.90 Å². The quantitative estimate of drug-likeness (QED) is 0.776. The lowest BCUT2D eigenvalue weighted by Crippen LogP contribution is -2.48. The van der Waals surface area contributed by atoms with Crippen molar-refractivity contribution >= 4 is 5.97 Å². The van der Waals surface area contributed by atoms with Crippen molar-refractivity contribution in [2.75, 3.05) is 26.8 Å². The molecule has 0 radical (unpaired) electrons. The van der Waals surface area contributed by atoms with Gasteiger partial charge in [0.05, 0.1) is 18.1 Å². The lowest BCUT2D eigenvalue weighted by molar-refractivity contribution is -0.145. The summed E-state index contributed by atoms with van der Waals surface area (Å²) >= 11 is 0. The molecule has 2 aliphatic rings. The van der Waals surface area contributed by atoms with Gasteiger partial charge in [0, 0.05) is 19.2 Å². The van der Waals surface area contributed by atoms with Gasteiger partial charge in [0.25, 0.3) is 0 Å². The van der Waals surface area contributed by atoms with Crippen molar-refractivity contribution in [1.29, 1.82) is 0 Å². The number of carboxylic acid groups (broad SMARTS) is 1.